The summed E-state index contributed by atoms with van der Waals surface area (Å²) < 4.78 is 25.5. The van der Waals surface area contributed by atoms with Crippen molar-refractivity contribution in [3.05, 3.63) is 0 Å². The molecule has 9 heteroatoms. The first-order valence-corrected chi connectivity index (χ1v) is 6.95. The molecule has 0 radical (unpaired) electrons. The summed E-state index contributed by atoms with van der Waals surface area (Å²) in [4.78, 5) is 25.6. The molecule has 0 saturated heterocycles. The molecule has 0 aromatic rings. The molecule has 13 heavy (non-hydrogen) atoms. The summed E-state index contributed by atoms with van der Waals surface area (Å²) in [7, 11) is -8.23. The van der Waals surface area contributed by atoms with Crippen molar-refractivity contribution in [2.75, 3.05) is 25.5 Å². The highest BCUT2D eigenvalue weighted by Crippen LogP contribution is 2.46. The second-order valence-corrected chi connectivity index (χ2v) is 6.06. The summed E-state index contributed by atoms with van der Waals surface area (Å²) >= 11 is 0. The molecule has 1 atom stereocenters. The maximum Gasteiger partial charge on any atom is 0.328 e. The molecule has 0 amide bonds. The van der Waals surface area contributed by atoms with Crippen LogP contribution in [0.25, 0.3) is 0 Å². The van der Waals surface area contributed by atoms with E-state index in [1.165, 1.54) is 0 Å². The molecule has 0 bridgehead atoms. The third-order valence-electron chi connectivity index (χ3n) is 1.06. The first kappa shape index (κ1) is 13.3. The quantitative estimate of drug-likeness (QED) is 0.450. The van der Waals surface area contributed by atoms with Crippen LogP contribution < -0.4 is 0 Å². The van der Waals surface area contributed by atoms with Gasteiger partial charge in [-0.25, -0.2) is 0 Å². The number of aliphatic hydroxyl groups excluding tert-OH is 1. The Balaban J connectivity index is 3.90. The maximum absolute atomic E-state index is 10.9. The summed E-state index contributed by atoms with van der Waals surface area (Å²) in [5.74, 6) is 0. The van der Waals surface area contributed by atoms with Gasteiger partial charge in [-0.05, 0) is 0 Å². The molecule has 4 N–H and O–H groups in total. The Hall–Kier alpha value is 0.260. The van der Waals surface area contributed by atoms with Crippen LogP contribution in [0.4, 0.5) is 0 Å². The molecule has 0 aliphatic carbocycles. The summed E-state index contributed by atoms with van der Waals surface area (Å²) in [5.41, 5.74) is 0. The number of rotatable bonds is 6. The van der Waals surface area contributed by atoms with Crippen LogP contribution >= 0.6 is 15.2 Å². The average molecular weight is 234 g/mol. The molecule has 0 aromatic carbocycles. The predicted octanol–water partition coefficient (Wildman–Crippen LogP) is -0.642. The molecule has 1 unspecified atom stereocenters. The van der Waals surface area contributed by atoms with Gasteiger partial charge in [-0.2, -0.15) is 0 Å². The molecule has 0 aromatic heterocycles. The highest BCUT2D eigenvalue weighted by molar-refractivity contribution is 7.56. The highest BCUT2D eigenvalue weighted by Gasteiger charge is 2.24. The minimum atomic E-state index is -4.27. The van der Waals surface area contributed by atoms with E-state index in [9.17, 15) is 9.13 Å². The summed E-state index contributed by atoms with van der Waals surface area (Å²) in [5, 5.41) is 8.25. The first-order chi connectivity index (χ1) is 5.77. The van der Waals surface area contributed by atoms with Crippen molar-refractivity contribution in [1.82, 2.24) is 0 Å². The Bertz CT molecular complexity index is 233. The van der Waals surface area contributed by atoms with E-state index in [4.69, 9.17) is 19.8 Å². The van der Waals surface area contributed by atoms with Crippen molar-refractivity contribution in [1.29, 1.82) is 0 Å². The van der Waals surface area contributed by atoms with E-state index in [1.807, 2.05) is 0 Å². The molecule has 0 aliphatic heterocycles. The van der Waals surface area contributed by atoms with Crippen molar-refractivity contribution in [3.63, 3.8) is 0 Å². The van der Waals surface area contributed by atoms with Crippen LogP contribution in [0, 0.1) is 0 Å². The van der Waals surface area contributed by atoms with Crippen molar-refractivity contribution in [2.24, 2.45) is 0 Å². The number of hydrogen-bond acceptors (Lipinski definition) is 4. The van der Waals surface area contributed by atoms with Gasteiger partial charge in [0.1, 0.15) is 0 Å². The Morgan fingerprint density at radius 2 is 1.62 bits per heavy atom. The fraction of sp³-hybridized carbons (Fsp3) is 1.00. The predicted molar refractivity (Wildman–Crippen MR) is 44.6 cm³/mol. The van der Waals surface area contributed by atoms with Crippen LogP contribution in [0.15, 0.2) is 0 Å². The largest absolute Gasteiger partial charge is 0.394 e. The third-order valence-corrected chi connectivity index (χ3v) is 3.59. The van der Waals surface area contributed by atoms with E-state index < -0.39 is 34.1 Å². The van der Waals surface area contributed by atoms with Gasteiger partial charge in [0.05, 0.1) is 25.5 Å². The second-order valence-electron chi connectivity index (χ2n) is 2.31. The Morgan fingerprint density at radius 3 is 2.00 bits per heavy atom. The van der Waals surface area contributed by atoms with Crippen molar-refractivity contribution in [3.8, 4) is 0 Å². The third kappa shape index (κ3) is 8.59. The summed E-state index contributed by atoms with van der Waals surface area (Å²) in [6.45, 7) is -0.741. The Morgan fingerprint density at radius 1 is 1.08 bits per heavy atom. The SMILES string of the molecule is O=P(O)(O)CCP(=O)(O)OCCO. The van der Waals surface area contributed by atoms with Gasteiger partial charge in [0.2, 0.25) is 0 Å². The van der Waals surface area contributed by atoms with Crippen molar-refractivity contribution in [2.45, 2.75) is 0 Å². The summed E-state index contributed by atoms with van der Waals surface area (Å²) in [6, 6.07) is 0. The fourth-order valence-electron chi connectivity index (χ4n) is 0.505. The normalized spacial score (nSPS) is 16.9. The molecular weight excluding hydrogens is 222 g/mol. The Kier molecular flexibility index (Phi) is 5.32. The van der Waals surface area contributed by atoms with Crippen LogP contribution in [0.2, 0.25) is 0 Å². The second kappa shape index (κ2) is 5.22. The molecule has 0 rings (SSSR count). The van der Waals surface area contributed by atoms with Gasteiger partial charge in [-0.3, -0.25) is 9.13 Å². The van der Waals surface area contributed by atoms with E-state index in [0.717, 1.165) is 0 Å². The number of hydrogen-bond donors (Lipinski definition) is 4. The van der Waals surface area contributed by atoms with Crippen LogP contribution in [0.5, 0.6) is 0 Å². The van der Waals surface area contributed by atoms with Gasteiger partial charge in [0, 0.05) is 0 Å². The lowest BCUT2D eigenvalue weighted by molar-refractivity contribution is 0.183. The maximum atomic E-state index is 10.9. The summed E-state index contributed by atoms with van der Waals surface area (Å²) in [6.07, 6.45) is -1.32. The van der Waals surface area contributed by atoms with Crippen LogP contribution in [-0.4, -0.2) is 45.3 Å². The monoisotopic (exact) mass is 234 g/mol. The van der Waals surface area contributed by atoms with E-state index in [2.05, 4.69) is 4.52 Å². The minimum absolute atomic E-state index is 0.324. The standard InChI is InChI=1S/C4H12O7P2/c5-1-2-11-13(9,10)4-3-12(6,7)8/h5H,1-4H2,(H,9,10)(H2,6,7,8). The van der Waals surface area contributed by atoms with Gasteiger partial charge < -0.3 is 24.3 Å². The topological polar surface area (TPSA) is 124 Å². The first-order valence-electron chi connectivity index (χ1n) is 3.39. The van der Waals surface area contributed by atoms with E-state index >= 15 is 0 Å². The van der Waals surface area contributed by atoms with E-state index in [0.29, 0.717) is 0 Å². The lowest BCUT2D eigenvalue weighted by Gasteiger charge is -2.11. The van der Waals surface area contributed by atoms with Gasteiger partial charge in [-0.1, -0.05) is 0 Å². The van der Waals surface area contributed by atoms with Gasteiger partial charge >= 0.3 is 15.2 Å². The molecular formula is C4H12O7P2. The lowest BCUT2D eigenvalue weighted by atomic mass is 10.8. The molecule has 7 nitrogen and oxygen atoms in total. The van der Waals surface area contributed by atoms with E-state index in [1.54, 1.807) is 0 Å². The van der Waals surface area contributed by atoms with Crippen LogP contribution in [-0.2, 0) is 13.7 Å². The minimum Gasteiger partial charge on any atom is -0.394 e. The fourth-order valence-corrected chi connectivity index (χ4v) is 3.05. The molecule has 0 aliphatic rings. The zero-order valence-corrected chi connectivity index (χ0v) is 8.53. The molecule has 0 spiro atoms. The van der Waals surface area contributed by atoms with Gasteiger partial charge in [-0.15, -0.1) is 0 Å². The van der Waals surface area contributed by atoms with Gasteiger partial charge in [0.25, 0.3) is 0 Å². The molecule has 80 valence electrons. The molecule has 0 saturated carbocycles. The Labute approximate surface area is 75.1 Å². The smallest absolute Gasteiger partial charge is 0.328 e. The van der Waals surface area contributed by atoms with Gasteiger partial charge in [0.15, 0.2) is 0 Å². The zero-order chi connectivity index (χ0) is 10.5. The van der Waals surface area contributed by atoms with Crippen molar-refractivity contribution < 1.29 is 33.4 Å². The van der Waals surface area contributed by atoms with Crippen LogP contribution in [0.3, 0.4) is 0 Å². The van der Waals surface area contributed by atoms with Crippen LogP contribution in [0.1, 0.15) is 0 Å². The number of aliphatic hydroxyl groups is 1. The average Bonchev–Trinajstić information content (AvgIpc) is 1.97. The van der Waals surface area contributed by atoms with Crippen molar-refractivity contribution >= 4 is 15.2 Å². The van der Waals surface area contributed by atoms with E-state index in [-0.39, 0.29) is 6.61 Å². The lowest BCUT2D eigenvalue weighted by Crippen LogP contribution is -2.03. The zero-order valence-electron chi connectivity index (χ0n) is 6.74. The molecule has 0 heterocycles. The molecule has 0 fully saturated rings. The highest BCUT2D eigenvalue weighted by atomic mass is 31.2.